The number of methoxy groups -OCH3 is 1. The minimum absolute atomic E-state index is 0.340. The number of benzene rings is 1. The van der Waals surface area contributed by atoms with Crippen LogP contribution >= 0.6 is 0 Å². The van der Waals surface area contributed by atoms with E-state index >= 15 is 0 Å². The smallest absolute Gasteiger partial charge is 0.410 e. The van der Waals surface area contributed by atoms with Crippen molar-refractivity contribution in [2.45, 2.75) is 51.1 Å². The molecule has 0 radical (unpaired) electrons. The first-order valence-corrected chi connectivity index (χ1v) is 9.34. The van der Waals surface area contributed by atoms with Crippen molar-refractivity contribution in [1.29, 1.82) is 0 Å². The minimum Gasteiger partial charge on any atom is -0.496 e. The molecule has 0 saturated carbocycles. The number of nitrogens with zero attached hydrogens (tertiary/aromatic N) is 1. The molecule has 27 heavy (non-hydrogen) atoms. The van der Waals surface area contributed by atoms with Gasteiger partial charge in [0.25, 0.3) is 0 Å². The number of amides is 1. The topological polar surface area (TPSA) is 77.5 Å². The Kier molecular flexibility index (Phi) is 5.65. The van der Waals surface area contributed by atoms with Gasteiger partial charge in [0.05, 0.1) is 25.9 Å². The Balaban J connectivity index is 1.70. The van der Waals surface area contributed by atoms with E-state index in [0.29, 0.717) is 44.9 Å². The molecule has 150 valence electrons. The van der Waals surface area contributed by atoms with Crippen LogP contribution in [0.5, 0.6) is 5.75 Å². The van der Waals surface area contributed by atoms with E-state index in [-0.39, 0.29) is 6.09 Å². The molecule has 1 amide bonds. The third-order valence-corrected chi connectivity index (χ3v) is 4.89. The second kappa shape index (κ2) is 7.66. The molecule has 0 aromatic heterocycles. The fraction of sp³-hybridized carbons (Fsp3) is 0.650. The minimum atomic E-state index is -1.01. The van der Waals surface area contributed by atoms with Crippen LogP contribution in [0.1, 0.15) is 51.0 Å². The van der Waals surface area contributed by atoms with Gasteiger partial charge in [-0.1, -0.05) is 6.07 Å². The molecule has 2 aliphatic heterocycles. The van der Waals surface area contributed by atoms with Crippen LogP contribution in [-0.4, -0.2) is 55.1 Å². The average Bonchev–Trinajstić information content (AvgIpc) is 3.14. The van der Waals surface area contributed by atoms with Crippen LogP contribution in [0.3, 0.4) is 0 Å². The first kappa shape index (κ1) is 19.9. The van der Waals surface area contributed by atoms with E-state index < -0.39 is 17.5 Å². The molecule has 1 aromatic carbocycles. The number of hydrogen-bond acceptors (Lipinski definition) is 6. The zero-order valence-electron chi connectivity index (χ0n) is 16.5. The Morgan fingerprint density at radius 1 is 1.22 bits per heavy atom. The van der Waals surface area contributed by atoms with E-state index in [1.165, 1.54) is 0 Å². The molecular weight excluding hydrogens is 350 g/mol. The highest BCUT2D eigenvalue weighted by molar-refractivity contribution is 5.68. The van der Waals surface area contributed by atoms with Gasteiger partial charge in [0.2, 0.25) is 0 Å². The molecular formula is C20H29NO6. The predicted molar refractivity (Wildman–Crippen MR) is 98.6 cm³/mol. The Morgan fingerprint density at radius 3 is 2.41 bits per heavy atom. The van der Waals surface area contributed by atoms with Crippen LogP contribution in [0.4, 0.5) is 4.79 Å². The molecule has 2 heterocycles. The van der Waals surface area contributed by atoms with Gasteiger partial charge in [-0.2, -0.15) is 0 Å². The highest BCUT2D eigenvalue weighted by atomic mass is 16.7. The molecule has 1 N–H and O–H groups in total. The summed E-state index contributed by atoms with van der Waals surface area (Å²) in [6.07, 6.45) is 0.0988. The summed E-state index contributed by atoms with van der Waals surface area (Å²) >= 11 is 0. The van der Waals surface area contributed by atoms with Crippen LogP contribution in [0.25, 0.3) is 0 Å². The lowest BCUT2D eigenvalue weighted by Gasteiger charge is -2.39. The summed E-state index contributed by atoms with van der Waals surface area (Å²) in [7, 11) is 1.59. The van der Waals surface area contributed by atoms with Crippen molar-refractivity contribution >= 4 is 6.09 Å². The van der Waals surface area contributed by atoms with Crippen molar-refractivity contribution in [2.24, 2.45) is 0 Å². The van der Waals surface area contributed by atoms with E-state index in [0.717, 1.165) is 11.1 Å². The second-order valence-corrected chi connectivity index (χ2v) is 8.03. The van der Waals surface area contributed by atoms with Gasteiger partial charge in [-0.15, -0.1) is 0 Å². The highest BCUT2D eigenvalue weighted by Gasteiger charge is 2.37. The van der Waals surface area contributed by atoms with E-state index in [1.54, 1.807) is 12.0 Å². The van der Waals surface area contributed by atoms with E-state index in [9.17, 15) is 9.90 Å². The lowest BCUT2D eigenvalue weighted by molar-refractivity contribution is -0.0463. The normalized spacial score (nSPS) is 20.6. The van der Waals surface area contributed by atoms with Gasteiger partial charge >= 0.3 is 6.09 Å². The number of rotatable bonds is 3. The van der Waals surface area contributed by atoms with Crippen molar-refractivity contribution in [2.75, 3.05) is 33.4 Å². The molecule has 0 atom stereocenters. The van der Waals surface area contributed by atoms with Gasteiger partial charge in [-0.25, -0.2) is 4.79 Å². The molecule has 1 aromatic rings. The zero-order chi connectivity index (χ0) is 19.7. The summed E-state index contributed by atoms with van der Waals surface area (Å²) in [5, 5.41) is 11.2. The molecule has 7 heteroatoms. The molecule has 0 bridgehead atoms. The Labute approximate surface area is 160 Å². The van der Waals surface area contributed by atoms with Gasteiger partial charge < -0.3 is 29.0 Å². The summed E-state index contributed by atoms with van der Waals surface area (Å²) < 4.78 is 22.0. The van der Waals surface area contributed by atoms with Gasteiger partial charge in [0.1, 0.15) is 11.4 Å². The highest BCUT2D eigenvalue weighted by Crippen LogP contribution is 2.38. The fourth-order valence-electron chi connectivity index (χ4n) is 3.41. The molecule has 7 nitrogen and oxygen atoms in total. The van der Waals surface area contributed by atoms with E-state index in [2.05, 4.69) is 0 Å². The summed E-state index contributed by atoms with van der Waals surface area (Å²) in [5.41, 5.74) is 0.0404. The Bertz CT molecular complexity index is 670. The van der Waals surface area contributed by atoms with Gasteiger partial charge in [0, 0.05) is 18.7 Å². The molecule has 0 unspecified atom stereocenters. The molecule has 2 fully saturated rings. The summed E-state index contributed by atoms with van der Waals surface area (Å²) in [4.78, 5) is 13.9. The standard InChI is InChI=1S/C20H29NO6/c1-19(2,3)27-18(22)21-9-7-20(23,8-10-21)14-5-6-15(16(13-14)24-4)17-25-11-12-26-17/h5-6,13,17,23H,7-12H2,1-4H3. The first-order chi connectivity index (χ1) is 12.7. The molecule has 2 saturated heterocycles. The van der Waals surface area contributed by atoms with Crippen LogP contribution in [-0.2, 0) is 19.8 Å². The number of carbonyl (C=O) groups excluding carboxylic acids is 1. The van der Waals surface area contributed by atoms with E-state index in [1.807, 2.05) is 39.0 Å². The number of ether oxygens (including phenoxy) is 4. The zero-order valence-corrected chi connectivity index (χ0v) is 16.5. The lowest BCUT2D eigenvalue weighted by Crippen LogP contribution is -2.46. The molecule has 2 aliphatic rings. The summed E-state index contributed by atoms with van der Waals surface area (Å²) in [6, 6.07) is 5.60. The maximum Gasteiger partial charge on any atom is 0.410 e. The third kappa shape index (κ3) is 4.54. The van der Waals surface area contributed by atoms with Crippen LogP contribution in [0.15, 0.2) is 18.2 Å². The van der Waals surface area contributed by atoms with Crippen molar-refractivity contribution in [3.05, 3.63) is 29.3 Å². The quantitative estimate of drug-likeness (QED) is 0.870. The summed E-state index contributed by atoms with van der Waals surface area (Å²) in [5.74, 6) is 0.627. The number of aliphatic hydroxyl groups is 1. The lowest BCUT2D eigenvalue weighted by atomic mass is 9.84. The maximum atomic E-state index is 12.2. The van der Waals surface area contributed by atoms with Crippen LogP contribution < -0.4 is 4.74 Å². The van der Waals surface area contributed by atoms with Gasteiger partial charge in [0.15, 0.2) is 6.29 Å². The van der Waals surface area contributed by atoms with Crippen molar-refractivity contribution in [3.63, 3.8) is 0 Å². The van der Waals surface area contributed by atoms with Crippen molar-refractivity contribution < 1.29 is 28.8 Å². The van der Waals surface area contributed by atoms with Crippen molar-refractivity contribution in [1.82, 2.24) is 4.90 Å². The molecule has 0 aliphatic carbocycles. The van der Waals surface area contributed by atoms with Crippen LogP contribution in [0, 0.1) is 0 Å². The van der Waals surface area contributed by atoms with Crippen molar-refractivity contribution in [3.8, 4) is 5.75 Å². The number of hydrogen-bond donors (Lipinski definition) is 1. The van der Waals surface area contributed by atoms with Gasteiger partial charge in [-0.05, 0) is 51.3 Å². The monoisotopic (exact) mass is 379 g/mol. The Morgan fingerprint density at radius 2 is 1.85 bits per heavy atom. The van der Waals surface area contributed by atoms with E-state index in [4.69, 9.17) is 18.9 Å². The maximum absolute atomic E-state index is 12.2. The molecule has 3 rings (SSSR count). The second-order valence-electron chi connectivity index (χ2n) is 8.03. The van der Waals surface area contributed by atoms with Gasteiger partial charge in [-0.3, -0.25) is 0 Å². The third-order valence-electron chi connectivity index (χ3n) is 4.89. The SMILES string of the molecule is COc1cc(C2(O)CCN(C(=O)OC(C)(C)C)CC2)ccc1C1OCCO1. The number of piperidine rings is 1. The average molecular weight is 379 g/mol. The fourth-order valence-corrected chi connectivity index (χ4v) is 3.41. The number of likely N-dealkylation sites (tertiary alicyclic amines) is 1. The molecule has 0 spiro atoms. The Hall–Kier alpha value is -1.83. The summed E-state index contributed by atoms with van der Waals surface area (Å²) in [6.45, 7) is 7.51. The first-order valence-electron chi connectivity index (χ1n) is 9.34. The number of carbonyl (C=O) groups is 1. The largest absolute Gasteiger partial charge is 0.496 e. The predicted octanol–water partition coefficient (Wildman–Crippen LogP) is 2.96. The van der Waals surface area contributed by atoms with Crippen LogP contribution in [0.2, 0.25) is 0 Å².